The number of halogens is 3. The molecule has 5 rings (SSSR count). The second-order valence-corrected chi connectivity index (χ2v) is 13.6. The second kappa shape index (κ2) is 16.8. The molecular formula is C35H35F3O8S2. The molecule has 4 aromatic rings. The van der Waals surface area contributed by atoms with Crippen molar-refractivity contribution in [2.24, 2.45) is 0 Å². The van der Waals surface area contributed by atoms with Crippen molar-refractivity contribution in [3.8, 4) is 5.75 Å². The molecule has 0 bridgehead atoms. The van der Waals surface area contributed by atoms with Crippen LogP contribution in [0.15, 0.2) is 120 Å². The van der Waals surface area contributed by atoms with Crippen LogP contribution in [0.3, 0.4) is 0 Å². The lowest BCUT2D eigenvalue weighted by Gasteiger charge is -2.46. The van der Waals surface area contributed by atoms with E-state index in [1.807, 2.05) is 91.0 Å². The third kappa shape index (κ3) is 9.82. The van der Waals surface area contributed by atoms with Gasteiger partial charge in [0.25, 0.3) is 0 Å². The molecule has 1 fully saturated rings. The Morgan fingerprint density at radius 3 is 1.67 bits per heavy atom. The zero-order valence-electron chi connectivity index (χ0n) is 25.9. The van der Waals surface area contributed by atoms with Crippen molar-refractivity contribution < 1.29 is 49.5 Å². The lowest BCUT2D eigenvalue weighted by molar-refractivity contribution is -0.250. The van der Waals surface area contributed by atoms with Crippen LogP contribution in [0.5, 0.6) is 5.75 Å². The van der Waals surface area contributed by atoms with Gasteiger partial charge >= 0.3 is 15.6 Å². The Balaban J connectivity index is 1.51. The molecule has 1 saturated heterocycles. The molecule has 1 aliphatic rings. The summed E-state index contributed by atoms with van der Waals surface area (Å²) in [6.45, 7) is -0.706. The summed E-state index contributed by atoms with van der Waals surface area (Å²) < 4.78 is 99.6. The standard InChI is InChI=1S/C35H35F3O8S2/c1-41-28-19-17-27(18-20-28)23-42-31-30(24-45-48(39,40)35(36,37)38)46-34(47-29-15-9-4-10-16-29)33(44-22-26-13-7-3-8-14-26)32(31)43-21-25-11-5-2-6-12-25/h2-20,30-34H,21-24H2,1H3/t30-,31+,32+,33-,34+/m1/s1. The van der Waals surface area contributed by atoms with E-state index in [9.17, 15) is 21.6 Å². The maximum absolute atomic E-state index is 13.3. The Labute approximate surface area is 282 Å². The Bertz CT molecular complexity index is 1640. The van der Waals surface area contributed by atoms with Crippen molar-refractivity contribution >= 4 is 21.9 Å². The Kier molecular flexibility index (Phi) is 12.5. The number of hydrogen-bond donors (Lipinski definition) is 0. The van der Waals surface area contributed by atoms with Gasteiger partial charge in [-0.05, 0) is 41.0 Å². The summed E-state index contributed by atoms with van der Waals surface area (Å²) in [4.78, 5) is 0.790. The molecule has 0 N–H and O–H groups in total. The molecule has 5 atom stereocenters. The van der Waals surface area contributed by atoms with Crippen LogP contribution in [0.4, 0.5) is 13.2 Å². The maximum atomic E-state index is 13.3. The van der Waals surface area contributed by atoms with Gasteiger partial charge in [-0.2, -0.15) is 21.6 Å². The Morgan fingerprint density at radius 1 is 0.667 bits per heavy atom. The van der Waals surface area contributed by atoms with Gasteiger partial charge in [-0.3, -0.25) is 4.18 Å². The zero-order valence-corrected chi connectivity index (χ0v) is 27.5. The Morgan fingerprint density at radius 2 is 1.15 bits per heavy atom. The van der Waals surface area contributed by atoms with Crippen molar-refractivity contribution in [3.05, 3.63) is 132 Å². The Hall–Kier alpha value is -3.43. The van der Waals surface area contributed by atoms with Crippen LogP contribution in [0, 0.1) is 0 Å². The zero-order chi connectivity index (χ0) is 34.0. The summed E-state index contributed by atoms with van der Waals surface area (Å²) in [6, 6.07) is 35.1. The summed E-state index contributed by atoms with van der Waals surface area (Å²) in [6.07, 6.45) is -4.19. The fourth-order valence-electron chi connectivity index (χ4n) is 4.98. The lowest BCUT2D eigenvalue weighted by atomic mass is 9.99. The summed E-state index contributed by atoms with van der Waals surface area (Å²) in [5, 5.41) is 0. The highest BCUT2D eigenvalue weighted by Gasteiger charge is 2.52. The maximum Gasteiger partial charge on any atom is 0.523 e. The highest BCUT2D eigenvalue weighted by Crippen LogP contribution is 2.39. The molecule has 0 unspecified atom stereocenters. The van der Waals surface area contributed by atoms with E-state index < -0.39 is 52.1 Å². The smallest absolute Gasteiger partial charge is 0.497 e. The number of benzene rings is 4. The summed E-state index contributed by atoms with van der Waals surface area (Å²) in [7, 11) is -4.39. The number of methoxy groups -OCH3 is 1. The van der Waals surface area contributed by atoms with Gasteiger partial charge in [0, 0.05) is 4.90 Å². The molecule has 0 aliphatic carbocycles. The summed E-state index contributed by atoms with van der Waals surface area (Å²) in [5.74, 6) is 0.627. The van der Waals surface area contributed by atoms with Crippen LogP contribution < -0.4 is 4.74 Å². The predicted octanol–water partition coefficient (Wildman–Crippen LogP) is 7.13. The molecule has 256 valence electrons. The largest absolute Gasteiger partial charge is 0.523 e. The molecule has 0 saturated carbocycles. The average molecular weight is 705 g/mol. The van der Waals surface area contributed by atoms with Gasteiger partial charge in [0.2, 0.25) is 0 Å². The fraction of sp³-hybridized carbons (Fsp3) is 0.314. The van der Waals surface area contributed by atoms with Crippen molar-refractivity contribution in [3.63, 3.8) is 0 Å². The number of alkyl halides is 3. The fourth-order valence-corrected chi connectivity index (χ4v) is 6.57. The molecule has 48 heavy (non-hydrogen) atoms. The van der Waals surface area contributed by atoms with E-state index in [0.29, 0.717) is 5.75 Å². The van der Waals surface area contributed by atoms with E-state index in [2.05, 4.69) is 4.18 Å². The molecule has 1 heterocycles. The van der Waals surface area contributed by atoms with Gasteiger partial charge in [-0.25, -0.2) is 0 Å². The lowest BCUT2D eigenvalue weighted by Crippen LogP contribution is -2.60. The van der Waals surface area contributed by atoms with E-state index in [-0.39, 0.29) is 19.8 Å². The van der Waals surface area contributed by atoms with E-state index in [0.717, 1.165) is 21.6 Å². The van der Waals surface area contributed by atoms with Crippen molar-refractivity contribution in [1.82, 2.24) is 0 Å². The highest BCUT2D eigenvalue weighted by atomic mass is 32.2. The van der Waals surface area contributed by atoms with Gasteiger partial charge in [0.05, 0.1) is 33.5 Å². The minimum absolute atomic E-state index is 0.00631. The molecule has 0 amide bonds. The van der Waals surface area contributed by atoms with Gasteiger partial charge in [0.15, 0.2) is 0 Å². The minimum Gasteiger partial charge on any atom is -0.497 e. The molecule has 8 nitrogen and oxygen atoms in total. The van der Waals surface area contributed by atoms with Gasteiger partial charge in [-0.1, -0.05) is 103 Å². The minimum atomic E-state index is -5.93. The number of hydrogen-bond acceptors (Lipinski definition) is 9. The van der Waals surface area contributed by atoms with Crippen LogP contribution in [0.25, 0.3) is 0 Å². The number of thioether (sulfide) groups is 1. The van der Waals surface area contributed by atoms with Crippen molar-refractivity contribution in [2.75, 3.05) is 13.7 Å². The van der Waals surface area contributed by atoms with Crippen LogP contribution in [0.1, 0.15) is 16.7 Å². The van der Waals surface area contributed by atoms with Crippen molar-refractivity contribution in [1.29, 1.82) is 0 Å². The average Bonchev–Trinajstić information content (AvgIpc) is 3.10. The second-order valence-electron chi connectivity index (χ2n) is 10.8. The molecule has 0 aromatic heterocycles. The molecule has 1 aliphatic heterocycles. The molecular weight excluding hydrogens is 670 g/mol. The highest BCUT2D eigenvalue weighted by molar-refractivity contribution is 7.99. The van der Waals surface area contributed by atoms with E-state index in [4.69, 9.17) is 23.7 Å². The number of rotatable bonds is 15. The quantitative estimate of drug-likeness (QED) is 0.0947. The normalized spacial score (nSPS) is 21.5. The van der Waals surface area contributed by atoms with E-state index >= 15 is 0 Å². The summed E-state index contributed by atoms with van der Waals surface area (Å²) >= 11 is 1.27. The monoisotopic (exact) mass is 704 g/mol. The van der Waals surface area contributed by atoms with Crippen LogP contribution in [-0.2, 0) is 53.1 Å². The van der Waals surface area contributed by atoms with Crippen LogP contribution >= 0.6 is 11.8 Å². The molecule has 4 aromatic carbocycles. The van der Waals surface area contributed by atoms with Crippen molar-refractivity contribution in [2.45, 2.75) is 60.1 Å². The first-order chi connectivity index (χ1) is 23.1. The molecule has 13 heteroatoms. The van der Waals surface area contributed by atoms with E-state index in [1.54, 1.807) is 31.4 Å². The third-order valence-electron chi connectivity index (χ3n) is 7.43. The predicted molar refractivity (Wildman–Crippen MR) is 173 cm³/mol. The van der Waals surface area contributed by atoms with Crippen LogP contribution in [0.2, 0.25) is 0 Å². The SMILES string of the molecule is COc1ccc(CO[C@@H]2[C@H](OCc3ccccc3)[C@@H](OCc3ccccc3)[C@H](Sc3ccccc3)O[C@@H]2COS(=O)(=O)C(F)(F)F)cc1. The topological polar surface area (TPSA) is 89.5 Å². The van der Waals surface area contributed by atoms with Gasteiger partial charge in [-0.15, -0.1) is 0 Å². The first-order valence-corrected chi connectivity index (χ1v) is 17.3. The number of ether oxygens (including phenoxy) is 5. The first kappa shape index (κ1) is 35.9. The van der Waals surface area contributed by atoms with Gasteiger partial charge < -0.3 is 23.7 Å². The molecule has 0 spiro atoms. The summed E-state index contributed by atoms with van der Waals surface area (Å²) in [5.41, 5.74) is -4.05. The van der Waals surface area contributed by atoms with E-state index in [1.165, 1.54) is 11.8 Å². The van der Waals surface area contributed by atoms with Gasteiger partial charge in [0.1, 0.15) is 35.6 Å². The first-order valence-electron chi connectivity index (χ1n) is 15.0. The molecule has 0 radical (unpaired) electrons. The van der Waals surface area contributed by atoms with Crippen LogP contribution in [-0.4, -0.2) is 57.5 Å². The third-order valence-corrected chi connectivity index (χ3v) is 9.60.